The summed E-state index contributed by atoms with van der Waals surface area (Å²) in [4.78, 5) is 38.0. The number of aryl methyl sites for hydroxylation is 3. The molecular formula is C20H27N5O4. The Morgan fingerprint density at radius 3 is 2.59 bits per heavy atom. The van der Waals surface area contributed by atoms with Crippen molar-refractivity contribution in [3.05, 3.63) is 45.2 Å². The van der Waals surface area contributed by atoms with E-state index in [9.17, 15) is 14.4 Å². The average molecular weight is 401 g/mol. The van der Waals surface area contributed by atoms with E-state index in [4.69, 9.17) is 4.52 Å². The molecule has 1 fully saturated rings. The van der Waals surface area contributed by atoms with Gasteiger partial charge in [-0.25, -0.2) is 4.68 Å². The highest BCUT2D eigenvalue weighted by atomic mass is 16.5. The number of amides is 2. The molecule has 156 valence electrons. The van der Waals surface area contributed by atoms with Crippen LogP contribution in [0, 0.1) is 19.8 Å². The quantitative estimate of drug-likeness (QED) is 0.773. The molecule has 0 spiro atoms. The summed E-state index contributed by atoms with van der Waals surface area (Å²) in [7, 11) is 1.51. The largest absolute Gasteiger partial charge is 0.361 e. The number of carbonyl (C=O) groups is 2. The molecule has 2 amide bonds. The number of nitrogens with one attached hydrogen (secondary N) is 1. The van der Waals surface area contributed by atoms with Crippen LogP contribution in [0.4, 0.5) is 0 Å². The molecule has 1 aliphatic rings. The molecular weight excluding hydrogens is 374 g/mol. The average Bonchev–Trinajstić information content (AvgIpc) is 3.04. The van der Waals surface area contributed by atoms with E-state index in [1.165, 1.54) is 19.2 Å². The molecule has 1 aliphatic heterocycles. The normalized spacial score (nSPS) is 14.8. The topological polar surface area (TPSA) is 110 Å². The molecule has 0 saturated carbocycles. The summed E-state index contributed by atoms with van der Waals surface area (Å²) in [6.45, 7) is 5.67. The number of rotatable bonds is 6. The third kappa shape index (κ3) is 5.10. The predicted molar refractivity (Wildman–Crippen MR) is 105 cm³/mol. The molecule has 1 saturated heterocycles. The lowest BCUT2D eigenvalue weighted by atomic mass is 9.96. The van der Waals surface area contributed by atoms with Gasteiger partial charge in [0.25, 0.3) is 11.5 Å². The van der Waals surface area contributed by atoms with Crippen molar-refractivity contribution in [3.8, 4) is 0 Å². The molecule has 0 atom stereocenters. The number of carbonyl (C=O) groups excluding carboxylic acids is 2. The van der Waals surface area contributed by atoms with Crippen molar-refractivity contribution >= 4 is 11.8 Å². The monoisotopic (exact) mass is 401 g/mol. The van der Waals surface area contributed by atoms with Gasteiger partial charge in [0, 0.05) is 44.7 Å². The second-order valence-electron chi connectivity index (χ2n) is 7.52. The lowest BCUT2D eigenvalue weighted by Gasteiger charge is -2.32. The van der Waals surface area contributed by atoms with Crippen molar-refractivity contribution < 1.29 is 14.1 Å². The van der Waals surface area contributed by atoms with Gasteiger partial charge in [0.1, 0.15) is 11.5 Å². The molecule has 29 heavy (non-hydrogen) atoms. The number of piperidine rings is 1. The zero-order valence-electron chi connectivity index (χ0n) is 17.1. The summed E-state index contributed by atoms with van der Waals surface area (Å²) in [5.41, 5.74) is 1.83. The van der Waals surface area contributed by atoms with E-state index >= 15 is 0 Å². The van der Waals surface area contributed by atoms with Crippen LogP contribution >= 0.6 is 0 Å². The van der Waals surface area contributed by atoms with Crippen LogP contribution in [-0.2, 0) is 18.3 Å². The first-order valence-electron chi connectivity index (χ1n) is 9.87. The van der Waals surface area contributed by atoms with Gasteiger partial charge in [0.05, 0.1) is 5.69 Å². The maximum absolute atomic E-state index is 12.5. The van der Waals surface area contributed by atoms with Gasteiger partial charge < -0.3 is 14.7 Å². The van der Waals surface area contributed by atoms with Crippen molar-refractivity contribution in [2.24, 2.45) is 13.0 Å². The number of nitrogens with zero attached hydrogens (tertiary/aromatic N) is 4. The predicted octanol–water partition coefficient (Wildman–Crippen LogP) is 0.986. The fourth-order valence-electron chi connectivity index (χ4n) is 3.59. The van der Waals surface area contributed by atoms with Crippen LogP contribution < -0.4 is 10.9 Å². The van der Waals surface area contributed by atoms with Gasteiger partial charge in [0.15, 0.2) is 0 Å². The SMILES string of the molecule is Cc1noc(C)c1CCC(=O)N1CCC(CNC(=O)c2ccc(=O)n(C)n2)CC1. The van der Waals surface area contributed by atoms with Crippen LogP contribution in [0.2, 0.25) is 0 Å². The molecule has 0 aromatic carbocycles. The molecule has 3 heterocycles. The van der Waals surface area contributed by atoms with E-state index in [1.54, 1.807) is 0 Å². The standard InChI is InChI=1S/C20H27N5O4/c1-13-16(14(2)29-23-13)4-6-19(27)25-10-8-15(9-11-25)12-21-20(28)17-5-7-18(26)24(3)22-17/h5,7,15H,4,6,8-12H2,1-3H3,(H,21,28). The first-order valence-corrected chi connectivity index (χ1v) is 9.87. The molecule has 0 bridgehead atoms. The Bertz CT molecular complexity index is 921. The summed E-state index contributed by atoms with van der Waals surface area (Å²) in [6.07, 6.45) is 2.78. The molecule has 0 unspecified atom stereocenters. The van der Waals surface area contributed by atoms with E-state index in [-0.39, 0.29) is 23.1 Å². The highest BCUT2D eigenvalue weighted by Crippen LogP contribution is 2.19. The second kappa shape index (κ2) is 9.02. The lowest BCUT2D eigenvalue weighted by Crippen LogP contribution is -2.41. The van der Waals surface area contributed by atoms with E-state index in [1.807, 2.05) is 18.7 Å². The minimum Gasteiger partial charge on any atom is -0.361 e. The Morgan fingerprint density at radius 1 is 1.24 bits per heavy atom. The van der Waals surface area contributed by atoms with Crippen molar-refractivity contribution in [2.75, 3.05) is 19.6 Å². The van der Waals surface area contributed by atoms with Gasteiger partial charge in [-0.2, -0.15) is 5.10 Å². The third-order valence-electron chi connectivity index (χ3n) is 5.48. The maximum Gasteiger partial charge on any atom is 0.271 e. The zero-order valence-corrected chi connectivity index (χ0v) is 17.1. The molecule has 1 N–H and O–H groups in total. The van der Waals surface area contributed by atoms with Crippen LogP contribution in [0.1, 0.15) is 46.8 Å². The highest BCUT2D eigenvalue weighted by molar-refractivity contribution is 5.91. The summed E-state index contributed by atoms with van der Waals surface area (Å²) in [6, 6.07) is 2.76. The Labute approximate surface area is 169 Å². The van der Waals surface area contributed by atoms with Crippen molar-refractivity contribution in [1.29, 1.82) is 0 Å². The van der Waals surface area contributed by atoms with Crippen LogP contribution in [0.25, 0.3) is 0 Å². The van der Waals surface area contributed by atoms with Crippen LogP contribution in [0.5, 0.6) is 0 Å². The van der Waals surface area contributed by atoms with Crippen molar-refractivity contribution in [3.63, 3.8) is 0 Å². The summed E-state index contributed by atoms with van der Waals surface area (Å²) in [5.74, 6) is 0.941. The Hall–Kier alpha value is -2.97. The Morgan fingerprint density at radius 2 is 1.97 bits per heavy atom. The second-order valence-corrected chi connectivity index (χ2v) is 7.52. The van der Waals surface area contributed by atoms with Gasteiger partial charge in [-0.1, -0.05) is 5.16 Å². The number of likely N-dealkylation sites (tertiary alicyclic amines) is 1. The molecule has 0 aliphatic carbocycles. The van der Waals surface area contributed by atoms with Crippen LogP contribution in [0.15, 0.2) is 21.5 Å². The Balaban J connectivity index is 1.41. The Kier molecular flexibility index (Phi) is 6.46. The maximum atomic E-state index is 12.5. The zero-order chi connectivity index (χ0) is 21.0. The number of aromatic nitrogens is 3. The first-order chi connectivity index (χ1) is 13.8. The van der Waals surface area contributed by atoms with Crippen molar-refractivity contribution in [1.82, 2.24) is 25.2 Å². The summed E-state index contributed by atoms with van der Waals surface area (Å²) < 4.78 is 6.29. The molecule has 9 heteroatoms. The minimum atomic E-state index is -0.293. The third-order valence-corrected chi connectivity index (χ3v) is 5.48. The lowest BCUT2D eigenvalue weighted by molar-refractivity contribution is -0.132. The van der Waals surface area contributed by atoms with Gasteiger partial charge in [-0.15, -0.1) is 0 Å². The molecule has 9 nitrogen and oxygen atoms in total. The summed E-state index contributed by atoms with van der Waals surface area (Å²) >= 11 is 0. The van der Waals surface area contributed by atoms with Crippen molar-refractivity contribution in [2.45, 2.75) is 39.5 Å². The van der Waals surface area contributed by atoms with E-state index in [0.29, 0.717) is 38.4 Å². The van der Waals surface area contributed by atoms with Gasteiger partial charge in [-0.05, 0) is 45.1 Å². The van der Waals surface area contributed by atoms with E-state index in [2.05, 4.69) is 15.6 Å². The van der Waals surface area contributed by atoms with E-state index < -0.39 is 0 Å². The van der Waals surface area contributed by atoms with Gasteiger partial charge in [0.2, 0.25) is 5.91 Å². The first kappa shape index (κ1) is 20.8. The number of hydrogen-bond acceptors (Lipinski definition) is 6. The fraction of sp³-hybridized carbons (Fsp3) is 0.550. The van der Waals surface area contributed by atoms with Gasteiger partial charge in [-0.3, -0.25) is 14.4 Å². The van der Waals surface area contributed by atoms with Crippen LogP contribution in [-0.4, -0.2) is 51.3 Å². The number of hydrogen-bond donors (Lipinski definition) is 1. The van der Waals surface area contributed by atoms with Crippen LogP contribution in [0.3, 0.4) is 0 Å². The fourth-order valence-corrected chi connectivity index (χ4v) is 3.59. The molecule has 2 aromatic heterocycles. The van der Waals surface area contributed by atoms with E-state index in [0.717, 1.165) is 34.5 Å². The highest BCUT2D eigenvalue weighted by Gasteiger charge is 2.24. The molecule has 0 radical (unpaired) electrons. The minimum absolute atomic E-state index is 0.141. The smallest absolute Gasteiger partial charge is 0.271 e. The molecule has 3 rings (SSSR count). The molecule has 2 aromatic rings. The summed E-state index contributed by atoms with van der Waals surface area (Å²) in [5, 5.41) is 10.8. The van der Waals surface area contributed by atoms with Gasteiger partial charge >= 0.3 is 0 Å².